The molecule has 0 bridgehead atoms. The number of amides is 2. The van der Waals surface area contributed by atoms with Crippen LogP contribution in [0.3, 0.4) is 0 Å². The van der Waals surface area contributed by atoms with Gasteiger partial charge in [0, 0.05) is 37.1 Å². The smallest absolute Gasteiger partial charge is 0.243 e. The molecule has 160 valence electrons. The summed E-state index contributed by atoms with van der Waals surface area (Å²) in [5.41, 5.74) is 0. The second-order valence-electron chi connectivity index (χ2n) is 7.65. The van der Waals surface area contributed by atoms with Gasteiger partial charge in [-0.25, -0.2) is 8.42 Å². The molecule has 0 aromatic heterocycles. The Kier molecular flexibility index (Phi) is 7.54. The number of sulfonamides is 1. The molecule has 2 heterocycles. The second-order valence-corrected chi connectivity index (χ2v) is 10.0. The Bertz CT molecular complexity index is 813. The lowest BCUT2D eigenvalue weighted by Crippen LogP contribution is -2.45. The van der Waals surface area contributed by atoms with E-state index in [2.05, 4.69) is 5.32 Å². The minimum absolute atomic E-state index is 0.0160. The van der Waals surface area contributed by atoms with E-state index in [1.165, 1.54) is 16.4 Å². The van der Waals surface area contributed by atoms with E-state index in [-0.39, 0.29) is 42.3 Å². The van der Waals surface area contributed by atoms with Crippen molar-refractivity contribution in [3.8, 4) is 0 Å². The number of hydrogen-bond donors (Lipinski definition) is 1. The third kappa shape index (κ3) is 5.71. The van der Waals surface area contributed by atoms with E-state index in [1.807, 2.05) is 4.90 Å². The molecular weight excluding hydrogens is 414 g/mol. The third-order valence-electron chi connectivity index (χ3n) is 5.65. The van der Waals surface area contributed by atoms with Gasteiger partial charge < -0.3 is 10.2 Å². The Morgan fingerprint density at radius 1 is 0.966 bits per heavy atom. The first-order valence-electron chi connectivity index (χ1n) is 10.2. The minimum atomic E-state index is -3.59. The van der Waals surface area contributed by atoms with Crippen LogP contribution in [0.25, 0.3) is 0 Å². The van der Waals surface area contributed by atoms with Crippen LogP contribution in [0.15, 0.2) is 29.2 Å². The fourth-order valence-corrected chi connectivity index (χ4v) is 5.45. The van der Waals surface area contributed by atoms with Gasteiger partial charge in [0.2, 0.25) is 21.8 Å². The van der Waals surface area contributed by atoms with Crippen LogP contribution < -0.4 is 5.32 Å². The maximum Gasteiger partial charge on any atom is 0.243 e. The average Bonchev–Trinajstić information content (AvgIpc) is 3.02. The van der Waals surface area contributed by atoms with Gasteiger partial charge in [0.15, 0.2) is 0 Å². The van der Waals surface area contributed by atoms with Gasteiger partial charge in [0.1, 0.15) is 0 Å². The third-order valence-corrected chi connectivity index (χ3v) is 7.81. The Hall–Kier alpha value is -1.64. The molecule has 0 saturated carbocycles. The summed E-state index contributed by atoms with van der Waals surface area (Å²) in [4.78, 5) is 26.8. The molecule has 1 aromatic rings. The van der Waals surface area contributed by atoms with Crippen LogP contribution in [-0.2, 0) is 19.6 Å². The van der Waals surface area contributed by atoms with Gasteiger partial charge in [-0.05, 0) is 49.9 Å². The number of likely N-dealkylation sites (tertiary alicyclic amines) is 1. The zero-order valence-corrected chi connectivity index (χ0v) is 18.1. The molecule has 1 N–H and O–H groups in total. The Morgan fingerprint density at radius 2 is 1.55 bits per heavy atom. The summed E-state index contributed by atoms with van der Waals surface area (Å²) < 4.78 is 26.9. The molecule has 1 aromatic carbocycles. The quantitative estimate of drug-likeness (QED) is 0.759. The van der Waals surface area contributed by atoms with Crippen molar-refractivity contribution in [3.05, 3.63) is 29.3 Å². The maximum absolute atomic E-state index is 12.7. The first-order chi connectivity index (χ1) is 13.9. The number of benzene rings is 1. The largest absolute Gasteiger partial charge is 0.347 e. The number of hydrogen-bond acceptors (Lipinski definition) is 4. The summed E-state index contributed by atoms with van der Waals surface area (Å²) in [7, 11) is -3.59. The molecule has 9 heteroatoms. The molecule has 7 nitrogen and oxygen atoms in total. The van der Waals surface area contributed by atoms with E-state index in [0.29, 0.717) is 17.9 Å². The Morgan fingerprint density at radius 3 is 2.14 bits per heavy atom. The molecule has 2 amide bonds. The summed E-state index contributed by atoms with van der Waals surface area (Å²) in [5, 5.41) is 3.23. The van der Waals surface area contributed by atoms with Crippen LogP contribution in [0.1, 0.15) is 38.5 Å². The van der Waals surface area contributed by atoms with E-state index in [9.17, 15) is 18.0 Å². The average molecular weight is 442 g/mol. The van der Waals surface area contributed by atoms with Gasteiger partial charge in [-0.3, -0.25) is 9.59 Å². The highest BCUT2D eigenvalue weighted by atomic mass is 35.5. The molecule has 0 atom stereocenters. The van der Waals surface area contributed by atoms with Crippen molar-refractivity contribution in [1.29, 1.82) is 0 Å². The highest BCUT2D eigenvalue weighted by Crippen LogP contribution is 2.24. The topological polar surface area (TPSA) is 86.8 Å². The molecule has 29 heavy (non-hydrogen) atoms. The normalized spacial score (nSPS) is 19.6. The van der Waals surface area contributed by atoms with E-state index < -0.39 is 10.0 Å². The summed E-state index contributed by atoms with van der Waals surface area (Å²) >= 11 is 5.83. The van der Waals surface area contributed by atoms with E-state index >= 15 is 0 Å². The highest BCUT2D eigenvalue weighted by Gasteiger charge is 2.32. The number of carbonyl (C=O) groups is 2. The monoisotopic (exact) mass is 441 g/mol. The zero-order valence-electron chi connectivity index (χ0n) is 16.5. The van der Waals surface area contributed by atoms with Crippen LogP contribution in [0, 0.1) is 5.92 Å². The molecular formula is C20H28ClN3O4S. The zero-order chi connectivity index (χ0) is 20.9. The van der Waals surface area contributed by atoms with Crippen LogP contribution in [0.2, 0.25) is 5.02 Å². The lowest BCUT2D eigenvalue weighted by molar-refractivity contribution is -0.134. The standard InChI is InChI=1S/C20H28ClN3O4S/c21-17-5-7-18(8-6-17)29(27,28)24-13-9-16(10-14-24)20(26)22-15-19(25)23-11-3-1-2-4-12-23/h5-8,16H,1-4,9-15H2,(H,22,26). The summed E-state index contributed by atoms with van der Waals surface area (Å²) in [6, 6.07) is 6.09. The maximum atomic E-state index is 12.7. The lowest BCUT2D eigenvalue weighted by atomic mass is 9.97. The van der Waals surface area contributed by atoms with Crippen LogP contribution >= 0.6 is 11.6 Å². The molecule has 0 spiro atoms. The lowest BCUT2D eigenvalue weighted by Gasteiger charge is -2.30. The molecule has 2 fully saturated rings. The van der Waals surface area contributed by atoms with Crippen molar-refractivity contribution >= 4 is 33.4 Å². The van der Waals surface area contributed by atoms with Gasteiger partial charge >= 0.3 is 0 Å². The van der Waals surface area contributed by atoms with Gasteiger partial charge in [-0.15, -0.1) is 0 Å². The molecule has 2 aliphatic heterocycles. The summed E-state index contributed by atoms with van der Waals surface area (Å²) in [5.74, 6) is -0.483. The molecule has 3 rings (SSSR count). The Labute approximate surface area is 177 Å². The van der Waals surface area contributed by atoms with Crippen molar-refractivity contribution in [2.24, 2.45) is 5.92 Å². The van der Waals surface area contributed by atoms with Gasteiger partial charge in [0.25, 0.3) is 0 Å². The van der Waals surface area contributed by atoms with Gasteiger partial charge in [-0.2, -0.15) is 4.31 Å². The number of rotatable bonds is 5. The molecule has 0 unspecified atom stereocenters. The molecule has 0 radical (unpaired) electrons. The van der Waals surface area contributed by atoms with Crippen molar-refractivity contribution < 1.29 is 18.0 Å². The predicted octanol–water partition coefficient (Wildman–Crippen LogP) is 2.26. The fraction of sp³-hybridized carbons (Fsp3) is 0.600. The molecule has 0 aliphatic carbocycles. The SMILES string of the molecule is O=C(NCC(=O)N1CCCCCC1)C1CCN(S(=O)(=O)c2ccc(Cl)cc2)CC1. The summed E-state index contributed by atoms with van der Waals surface area (Å²) in [6.45, 7) is 2.10. The van der Waals surface area contributed by atoms with E-state index in [0.717, 1.165) is 38.8 Å². The first-order valence-corrected chi connectivity index (χ1v) is 12.0. The van der Waals surface area contributed by atoms with Crippen molar-refractivity contribution in [2.45, 2.75) is 43.4 Å². The van der Waals surface area contributed by atoms with Gasteiger partial charge in [-0.1, -0.05) is 24.4 Å². The summed E-state index contributed by atoms with van der Waals surface area (Å²) in [6.07, 6.45) is 5.20. The Balaban J connectivity index is 1.47. The van der Waals surface area contributed by atoms with Crippen LogP contribution in [-0.4, -0.2) is 62.2 Å². The van der Waals surface area contributed by atoms with Crippen molar-refractivity contribution in [3.63, 3.8) is 0 Å². The van der Waals surface area contributed by atoms with Crippen molar-refractivity contribution in [2.75, 3.05) is 32.7 Å². The van der Waals surface area contributed by atoms with Crippen LogP contribution in [0.5, 0.6) is 0 Å². The minimum Gasteiger partial charge on any atom is -0.347 e. The number of piperidine rings is 1. The fourth-order valence-electron chi connectivity index (χ4n) is 3.85. The predicted molar refractivity (Wildman–Crippen MR) is 111 cm³/mol. The number of halogens is 1. The van der Waals surface area contributed by atoms with E-state index in [4.69, 9.17) is 11.6 Å². The van der Waals surface area contributed by atoms with E-state index in [1.54, 1.807) is 12.1 Å². The highest BCUT2D eigenvalue weighted by molar-refractivity contribution is 7.89. The van der Waals surface area contributed by atoms with Crippen molar-refractivity contribution in [1.82, 2.24) is 14.5 Å². The molecule has 2 saturated heterocycles. The number of nitrogens with zero attached hydrogens (tertiary/aromatic N) is 2. The number of carbonyl (C=O) groups excluding carboxylic acids is 2. The second kappa shape index (κ2) is 9.91. The molecule has 2 aliphatic rings. The van der Waals surface area contributed by atoms with Crippen LogP contribution in [0.4, 0.5) is 0 Å². The first kappa shape index (κ1) is 22.1. The number of nitrogens with one attached hydrogen (secondary N) is 1. The van der Waals surface area contributed by atoms with Gasteiger partial charge in [0.05, 0.1) is 11.4 Å².